The monoisotopic (exact) mass is 379 g/mol. The van der Waals surface area contributed by atoms with E-state index in [0.29, 0.717) is 0 Å². The van der Waals surface area contributed by atoms with Crippen LogP contribution in [-0.4, -0.2) is 46.3 Å². The van der Waals surface area contributed by atoms with Gasteiger partial charge in [0.25, 0.3) is 0 Å². The molecule has 0 saturated carbocycles. The van der Waals surface area contributed by atoms with Crippen molar-refractivity contribution < 1.29 is 9.47 Å². The van der Waals surface area contributed by atoms with E-state index in [1.165, 1.54) is 0 Å². The van der Waals surface area contributed by atoms with Crippen molar-refractivity contribution in [1.29, 1.82) is 0 Å². The van der Waals surface area contributed by atoms with Crippen molar-refractivity contribution in [2.45, 2.75) is 32.4 Å². The zero-order valence-electron chi connectivity index (χ0n) is 13.9. The third kappa shape index (κ3) is 3.53. The maximum absolute atomic E-state index is 6.06. The Morgan fingerprint density at radius 2 is 2.00 bits per heavy atom. The topological polar surface area (TPSA) is 39.5 Å². The van der Waals surface area contributed by atoms with Crippen molar-refractivity contribution in [3.05, 3.63) is 35.3 Å². The van der Waals surface area contributed by atoms with Gasteiger partial charge in [-0.05, 0) is 48.8 Å². The van der Waals surface area contributed by atoms with Gasteiger partial charge in [-0.2, -0.15) is 0 Å². The zero-order chi connectivity index (χ0) is 16.6. The summed E-state index contributed by atoms with van der Waals surface area (Å²) < 4.78 is 14.3. The summed E-state index contributed by atoms with van der Waals surface area (Å²) in [6.45, 7) is 8.60. The normalized spacial score (nSPS) is 16.2. The van der Waals surface area contributed by atoms with Crippen molar-refractivity contribution in [3.63, 3.8) is 0 Å². The summed E-state index contributed by atoms with van der Waals surface area (Å²) in [7, 11) is 1.67. The van der Waals surface area contributed by atoms with Crippen LogP contribution in [-0.2, 0) is 0 Å². The lowest BCUT2D eigenvalue weighted by molar-refractivity contribution is -0.0350. The lowest BCUT2D eigenvalue weighted by Gasteiger charge is -2.47. The molecule has 1 aromatic heterocycles. The molecule has 0 unspecified atom stereocenters. The van der Waals surface area contributed by atoms with Crippen LogP contribution in [0, 0.1) is 0 Å². The highest BCUT2D eigenvalue weighted by atomic mass is 79.9. The van der Waals surface area contributed by atoms with Crippen LogP contribution < -0.4 is 9.47 Å². The minimum Gasteiger partial charge on any atom is -0.494 e. The van der Waals surface area contributed by atoms with Crippen molar-refractivity contribution in [2.75, 3.05) is 20.2 Å². The number of aromatic nitrogens is 2. The molecule has 0 N–H and O–H groups in total. The number of benzene rings is 1. The van der Waals surface area contributed by atoms with Crippen LogP contribution in [0.5, 0.6) is 11.5 Å². The molecule has 0 bridgehead atoms. The molecule has 0 radical (unpaired) electrons. The predicted molar refractivity (Wildman–Crippen MR) is 93.6 cm³/mol. The molecular weight excluding hydrogens is 358 g/mol. The number of nitrogens with zero attached hydrogens (tertiary/aromatic N) is 3. The minimum absolute atomic E-state index is 0.205. The fraction of sp³-hybridized carbons (Fsp3) is 0.471. The average Bonchev–Trinajstić information content (AvgIpc) is 2.87. The van der Waals surface area contributed by atoms with E-state index < -0.39 is 0 Å². The molecule has 124 valence electrons. The van der Waals surface area contributed by atoms with E-state index in [1.54, 1.807) is 13.4 Å². The number of rotatable bonds is 4. The number of ether oxygens (including phenoxy) is 2. The van der Waals surface area contributed by atoms with Gasteiger partial charge in [-0.1, -0.05) is 0 Å². The number of likely N-dealkylation sites (tertiary alicyclic amines) is 1. The Morgan fingerprint density at radius 3 is 2.57 bits per heavy atom. The van der Waals surface area contributed by atoms with E-state index in [-0.39, 0.29) is 11.6 Å². The molecule has 0 atom stereocenters. The summed E-state index contributed by atoms with van der Waals surface area (Å²) in [5.74, 6) is 1.60. The molecule has 5 nitrogen and oxygen atoms in total. The highest BCUT2D eigenvalue weighted by molar-refractivity contribution is 9.10. The van der Waals surface area contributed by atoms with Gasteiger partial charge in [0.15, 0.2) is 0 Å². The van der Waals surface area contributed by atoms with E-state index >= 15 is 0 Å². The lowest BCUT2D eigenvalue weighted by atomic mass is 9.99. The molecule has 2 aromatic rings. The first-order chi connectivity index (χ1) is 10.9. The smallest absolute Gasteiger partial charge is 0.146 e. The van der Waals surface area contributed by atoms with Crippen molar-refractivity contribution >= 4 is 15.9 Å². The van der Waals surface area contributed by atoms with E-state index in [1.807, 2.05) is 29.0 Å². The average molecular weight is 380 g/mol. The van der Waals surface area contributed by atoms with Gasteiger partial charge in [-0.25, -0.2) is 4.98 Å². The van der Waals surface area contributed by atoms with Crippen LogP contribution in [0.1, 0.15) is 20.8 Å². The highest BCUT2D eigenvalue weighted by Gasteiger charge is 2.35. The molecule has 0 amide bonds. The second-order valence-electron chi connectivity index (χ2n) is 6.75. The van der Waals surface area contributed by atoms with Crippen LogP contribution in [0.2, 0.25) is 0 Å². The molecule has 1 aliphatic heterocycles. The van der Waals surface area contributed by atoms with E-state index in [9.17, 15) is 0 Å². The first-order valence-corrected chi connectivity index (χ1v) is 8.46. The molecule has 1 aromatic carbocycles. The summed E-state index contributed by atoms with van der Waals surface area (Å²) in [6, 6.07) is 5.90. The van der Waals surface area contributed by atoms with Gasteiger partial charge in [-0.3, -0.25) is 4.90 Å². The largest absolute Gasteiger partial charge is 0.494 e. The van der Waals surface area contributed by atoms with Crippen molar-refractivity contribution in [3.8, 4) is 17.2 Å². The highest BCUT2D eigenvalue weighted by Crippen LogP contribution is 2.31. The van der Waals surface area contributed by atoms with Gasteiger partial charge in [0.05, 0.1) is 12.8 Å². The Morgan fingerprint density at radius 1 is 1.26 bits per heavy atom. The Balaban J connectivity index is 1.71. The molecule has 6 heteroatoms. The Kier molecular flexibility index (Phi) is 4.38. The Hall–Kier alpha value is -1.53. The van der Waals surface area contributed by atoms with Gasteiger partial charge in [-0.15, -0.1) is 0 Å². The number of halogens is 1. The Labute approximate surface area is 145 Å². The first-order valence-electron chi connectivity index (χ1n) is 7.66. The van der Waals surface area contributed by atoms with Gasteiger partial charge >= 0.3 is 0 Å². The molecule has 1 saturated heterocycles. The number of hydrogen-bond donors (Lipinski definition) is 0. The second kappa shape index (κ2) is 6.17. The van der Waals surface area contributed by atoms with Crippen LogP contribution >= 0.6 is 15.9 Å². The van der Waals surface area contributed by atoms with E-state index in [2.05, 4.69) is 46.6 Å². The maximum atomic E-state index is 6.06. The quantitative estimate of drug-likeness (QED) is 0.814. The van der Waals surface area contributed by atoms with Gasteiger partial charge in [0.1, 0.15) is 28.5 Å². The molecule has 2 heterocycles. The Bertz CT molecular complexity index is 687. The third-order valence-electron chi connectivity index (χ3n) is 4.08. The number of methoxy groups -OCH3 is 1. The summed E-state index contributed by atoms with van der Waals surface area (Å²) >= 11 is 3.36. The first kappa shape index (κ1) is 16.3. The van der Waals surface area contributed by atoms with Crippen LogP contribution in [0.4, 0.5) is 0 Å². The number of hydrogen-bond acceptors (Lipinski definition) is 4. The maximum Gasteiger partial charge on any atom is 0.146 e. The summed E-state index contributed by atoms with van der Waals surface area (Å²) in [6.07, 6.45) is 3.88. The number of imidazole rings is 1. The lowest BCUT2D eigenvalue weighted by Crippen LogP contribution is -2.60. The molecule has 1 aliphatic rings. The SMILES string of the molecule is COc1cc(OC2CN(C(C)(C)C)C2)ccc1-n1cnc(Br)c1. The fourth-order valence-electron chi connectivity index (χ4n) is 2.63. The van der Waals surface area contributed by atoms with Gasteiger partial charge < -0.3 is 14.0 Å². The van der Waals surface area contributed by atoms with Crippen LogP contribution in [0.15, 0.2) is 35.3 Å². The molecule has 3 rings (SSSR count). The molecule has 23 heavy (non-hydrogen) atoms. The van der Waals surface area contributed by atoms with E-state index in [0.717, 1.165) is 34.9 Å². The van der Waals surface area contributed by atoms with E-state index in [4.69, 9.17) is 9.47 Å². The molecular formula is C17H22BrN3O2. The summed E-state index contributed by atoms with van der Waals surface area (Å²) in [5, 5.41) is 0. The van der Waals surface area contributed by atoms with Gasteiger partial charge in [0, 0.05) is 30.9 Å². The summed E-state index contributed by atoms with van der Waals surface area (Å²) in [4.78, 5) is 6.59. The zero-order valence-corrected chi connectivity index (χ0v) is 15.5. The molecule has 0 aliphatic carbocycles. The van der Waals surface area contributed by atoms with Crippen molar-refractivity contribution in [1.82, 2.24) is 14.5 Å². The van der Waals surface area contributed by atoms with Gasteiger partial charge in [0.2, 0.25) is 0 Å². The fourth-order valence-corrected chi connectivity index (χ4v) is 2.94. The summed E-state index contributed by atoms with van der Waals surface area (Å²) in [5.41, 5.74) is 1.14. The molecule has 0 spiro atoms. The molecule has 1 fully saturated rings. The third-order valence-corrected chi connectivity index (χ3v) is 4.49. The van der Waals surface area contributed by atoms with Crippen LogP contribution in [0.25, 0.3) is 5.69 Å². The second-order valence-corrected chi connectivity index (χ2v) is 7.57. The van der Waals surface area contributed by atoms with Crippen LogP contribution in [0.3, 0.4) is 0 Å². The predicted octanol–water partition coefficient (Wildman–Crippen LogP) is 3.50. The minimum atomic E-state index is 0.205. The standard InChI is InChI=1S/C17H22BrN3O2/c1-17(2,3)21-8-13(9-21)23-12-5-6-14(15(7-12)22-4)20-10-16(18)19-11-20/h5-7,10-11,13H,8-9H2,1-4H3. The van der Waals surface area contributed by atoms with Crippen molar-refractivity contribution in [2.24, 2.45) is 0 Å².